The second kappa shape index (κ2) is 7.25. The van der Waals surface area contributed by atoms with Gasteiger partial charge in [0.15, 0.2) is 0 Å². The Balaban J connectivity index is 1.53. The fourth-order valence-electron chi connectivity index (χ4n) is 3.29. The van der Waals surface area contributed by atoms with Gasteiger partial charge < -0.3 is 15.8 Å². The predicted octanol–water partition coefficient (Wildman–Crippen LogP) is 2.11. The van der Waals surface area contributed by atoms with Gasteiger partial charge in [0.25, 0.3) is 0 Å². The highest BCUT2D eigenvalue weighted by molar-refractivity contribution is 5.77. The van der Waals surface area contributed by atoms with Crippen LogP contribution >= 0.6 is 0 Å². The summed E-state index contributed by atoms with van der Waals surface area (Å²) in [5, 5.41) is 2.93. The van der Waals surface area contributed by atoms with Crippen LogP contribution in [0.4, 0.5) is 0 Å². The number of carbonyl (C=O) groups is 1. The number of carbonyl (C=O) groups excluding carboxylic acids is 1. The fourth-order valence-corrected chi connectivity index (χ4v) is 3.29. The van der Waals surface area contributed by atoms with E-state index in [4.69, 9.17) is 10.5 Å². The standard InChI is InChI=1S/C15H28N2O2/c16-15(8-4-5-9-15)12-14(18)17-10-11-19-13-6-2-1-3-7-13/h13H,1-12,16H2,(H,17,18). The quantitative estimate of drug-likeness (QED) is 0.725. The Morgan fingerprint density at radius 2 is 1.84 bits per heavy atom. The first-order valence-corrected chi connectivity index (χ1v) is 7.85. The molecule has 0 aromatic carbocycles. The zero-order chi connectivity index (χ0) is 13.6. The zero-order valence-corrected chi connectivity index (χ0v) is 12.0. The molecule has 110 valence electrons. The molecule has 0 aromatic heterocycles. The van der Waals surface area contributed by atoms with Crippen LogP contribution in [0.1, 0.15) is 64.2 Å². The van der Waals surface area contributed by atoms with Crippen molar-refractivity contribution in [1.29, 1.82) is 0 Å². The smallest absolute Gasteiger partial charge is 0.221 e. The second-order valence-corrected chi connectivity index (χ2v) is 6.23. The first-order chi connectivity index (χ1) is 9.18. The minimum absolute atomic E-state index is 0.0802. The lowest BCUT2D eigenvalue weighted by Crippen LogP contribution is -2.42. The third-order valence-electron chi connectivity index (χ3n) is 4.44. The van der Waals surface area contributed by atoms with Gasteiger partial charge in [-0.05, 0) is 25.7 Å². The maximum atomic E-state index is 11.8. The van der Waals surface area contributed by atoms with Gasteiger partial charge in [-0.25, -0.2) is 0 Å². The third kappa shape index (κ3) is 5.11. The first kappa shape index (κ1) is 14.8. The van der Waals surface area contributed by atoms with Crippen LogP contribution in [0.15, 0.2) is 0 Å². The Hall–Kier alpha value is -0.610. The maximum Gasteiger partial charge on any atom is 0.221 e. The molecule has 0 radical (unpaired) electrons. The Bertz CT molecular complexity index is 282. The number of rotatable bonds is 6. The van der Waals surface area contributed by atoms with E-state index in [1.807, 2.05) is 0 Å². The summed E-state index contributed by atoms with van der Waals surface area (Å²) in [6.45, 7) is 1.25. The van der Waals surface area contributed by atoms with Gasteiger partial charge >= 0.3 is 0 Å². The number of hydrogen-bond acceptors (Lipinski definition) is 3. The lowest BCUT2D eigenvalue weighted by atomic mass is 9.94. The summed E-state index contributed by atoms with van der Waals surface area (Å²) in [5.41, 5.74) is 5.95. The molecule has 0 spiro atoms. The Morgan fingerprint density at radius 3 is 2.53 bits per heavy atom. The molecule has 3 N–H and O–H groups in total. The summed E-state index contributed by atoms with van der Waals surface area (Å²) >= 11 is 0. The Morgan fingerprint density at radius 1 is 1.16 bits per heavy atom. The van der Waals surface area contributed by atoms with Crippen molar-refractivity contribution in [3.63, 3.8) is 0 Å². The first-order valence-electron chi connectivity index (χ1n) is 7.85. The Kier molecular flexibility index (Phi) is 5.64. The van der Waals surface area contributed by atoms with E-state index in [-0.39, 0.29) is 11.4 Å². The number of ether oxygens (including phenoxy) is 1. The molecular weight excluding hydrogens is 240 g/mol. The molecule has 4 heteroatoms. The van der Waals surface area contributed by atoms with Crippen LogP contribution in [-0.4, -0.2) is 30.7 Å². The van der Waals surface area contributed by atoms with Crippen molar-refractivity contribution >= 4 is 5.91 Å². The minimum Gasteiger partial charge on any atom is -0.376 e. The normalized spacial score (nSPS) is 23.4. The molecule has 2 aliphatic carbocycles. The minimum atomic E-state index is -0.242. The van der Waals surface area contributed by atoms with Crippen molar-refractivity contribution in [3.05, 3.63) is 0 Å². The van der Waals surface area contributed by atoms with E-state index >= 15 is 0 Å². The maximum absolute atomic E-state index is 11.8. The molecule has 19 heavy (non-hydrogen) atoms. The third-order valence-corrected chi connectivity index (χ3v) is 4.44. The molecule has 0 saturated heterocycles. The number of nitrogens with one attached hydrogen (secondary N) is 1. The van der Waals surface area contributed by atoms with Crippen molar-refractivity contribution in [2.75, 3.05) is 13.2 Å². The van der Waals surface area contributed by atoms with E-state index in [0.717, 1.165) is 25.7 Å². The molecule has 4 nitrogen and oxygen atoms in total. The van der Waals surface area contributed by atoms with Crippen LogP contribution in [0.2, 0.25) is 0 Å². The molecule has 0 heterocycles. The van der Waals surface area contributed by atoms with Gasteiger partial charge in [0.1, 0.15) is 0 Å². The highest BCUT2D eigenvalue weighted by Crippen LogP contribution is 2.29. The van der Waals surface area contributed by atoms with Gasteiger partial charge in [0.05, 0.1) is 12.7 Å². The Labute approximate surface area is 116 Å². The average Bonchev–Trinajstić information content (AvgIpc) is 2.82. The van der Waals surface area contributed by atoms with E-state index in [0.29, 0.717) is 25.7 Å². The van der Waals surface area contributed by atoms with Gasteiger partial charge in [-0.1, -0.05) is 32.1 Å². The van der Waals surface area contributed by atoms with Gasteiger partial charge in [0.2, 0.25) is 5.91 Å². The molecule has 2 rings (SSSR count). The van der Waals surface area contributed by atoms with Crippen molar-refractivity contribution in [1.82, 2.24) is 5.32 Å². The monoisotopic (exact) mass is 268 g/mol. The molecule has 0 aromatic rings. The van der Waals surface area contributed by atoms with Crippen LogP contribution in [-0.2, 0) is 9.53 Å². The average molecular weight is 268 g/mol. The number of hydrogen-bond donors (Lipinski definition) is 2. The van der Waals surface area contributed by atoms with Gasteiger partial charge in [-0.3, -0.25) is 4.79 Å². The van der Waals surface area contributed by atoms with Crippen LogP contribution < -0.4 is 11.1 Å². The topological polar surface area (TPSA) is 64.4 Å². The van der Waals surface area contributed by atoms with Crippen molar-refractivity contribution in [3.8, 4) is 0 Å². The number of amides is 1. The lowest BCUT2D eigenvalue weighted by Gasteiger charge is -2.23. The summed E-state index contributed by atoms with van der Waals surface area (Å²) in [7, 11) is 0. The summed E-state index contributed by atoms with van der Waals surface area (Å²) in [5.74, 6) is 0.0802. The SMILES string of the molecule is NC1(CC(=O)NCCOC2CCCCC2)CCCC1. The van der Waals surface area contributed by atoms with Crippen LogP contribution in [0.5, 0.6) is 0 Å². The molecule has 0 atom stereocenters. The molecule has 0 bridgehead atoms. The van der Waals surface area contributed by atoms with Crippen molar-refractivity contribution in [2.24, 2.45) is 5.73 Å². The highest BCUT2D eigenvalue weighted by atomic mass is 16.5. The summed E-state index contributed by atoms with van der Waals surface area (Å²) in [6.07, 6.45) is 11.5. The van der Waals surface area contributed by atoms with Crippen LogP contribution in [0.3, 0.4) is 0 Å². The fraction of sp³-hybridized carbons (Fsp3) is 0.933. The molecule has 2 fully saturated rings. The van der Waals surface area contributed by atoms with Crippen molar-refractivity contribution < 1.29 is 9.53 Å². The van der Waals surface area contributed by atoms with Gasteiger partial charge in [0, 0.05) is 18.5 Å². The largest absolute Gasteiger partial charge is 0.376 e. The van der Waals surface area contributed by atoms with Crippen molar-refractivity contribution in [2.45, 2.75) is 75.9 Å². The predicted molar refractivity (Wildman–Crippen MR) is 75.8 cm³/mol. The highest BCUT2D eigenvalue weighted by Gasteiger charge is 2.31. The van der Waals surface area contributed by atoms with E-state index < -0.39 is 0 Å². The van der Waals surface area contributed by atoms with Crippen LogP contribution in [0, 0.1) is 0 Å². The molecule has 2 aliphatic rings. The second-order valence-electron chi connectivity index (χ2n) is 6.23. The number of nitrogens with two attached hydrogens (primary N) is 1. The lowest BCUT2D eigenvalue weighted by molar-refractivity contribution is -0.122. The van der Waals surface area contributed by atoms with E-state index in [1.165, 1.54) is 32.1 Å². The molecule has 0 aliphatic heterocycles. The molecule has 2 saturated carbocycles. The summed E-state index contributed by atoms with van der Waals surface area (Å²) in [6, 6.07) is 0. The van der Waals surface area contributed by atoms with Crippen LogP contribution in [0.25, 0.3) is 0 Å². The molecular formula is C15H28N2O2. The molecule has 1 amide bonds. The van der Waals surface area contributed by atoms with E-state index in [1.54, 1.807) is 0 Å². The summed E-state index contributed by atoms with van der Waals surface area (Å²) < 4.78 is 5.78. The van der Waals surface area contributed by atoms with Gasteiger partial charge in [-0.2, -0.15) is 0 Å². The van der Waals surface area contributed by atoms with E-state index in [2.05, 4.69) is 5.32 Å². The van der Waals surface area contributed by atoms with Gasteiger partial charge in [-0.15, -0.1) is 0 Å². The zero-order valence-electron chi connectivity index (χ0n) is 12.0. The summed E-state index contributed by atoms with van der Waals surface area (Å²) in [4.78, 5) is 11.8. The molecule has 0 unspecified atom stereocenters. The van der Waals surface area contributed by atoms with E-state index in [9.17, 15) is 4.79 Å².